The van der Waals surface area contributed by atoms with E-state index >= 15 is 8.78 Å². The molecule has 0 radical (unpaired) electrons. The van der Waals surface area contributed by atoms with Gasteiger partial charge in [-0.25, -0.2) is 8.78 Å². The summed E-state index contributed by atoms with van der Waals surface area (Å²) in [4.78, 5) is 25.1. The number of aromatic nitrogens is 2. The number of fused-ring (bicyclic) bond motifs is 4. The minimum absolute atomic E-state index is 0.00600. The van der Waals surface area contributed by atoms with Crippen LogP contribution in [0.25, 0.3) is 22.3 Å². The molecule has 2 atom stereocenters. The van der Waals surface area contributed by atoms with Crippen LogP contribution < -0.4 is 20.5 Å². The average Bonchev–Trinajstić information content (AvgIpc) is 3.67. The Labute approximate surface area is 238 Å². The van der Waals surface area contributed by atoms with Crippen LogP contribution in [-0.2, 0) is 30.5 Å². The molecule has 0 bridgehead atoms. The van der Waals surface area contributed by atoms with Crippen molar-refractivity contribution >= 4 is 23.4 Å². The highest BCUT2D eigenvalue weighted by Crippen LogP contribution is 2.54. The van der Waals surface area contributed by atoms with E-state index in [0.29, 0.717) is 35.2 Å². The Hall–Kier alpha value is -4.44. The molecule has 0 saturated carbocycles. The van der Waals surface area contributed by atoms with E-state index in [1.807, 2.05) is 30.3 Å². The predicted molar refractivity (Wildman–Crippen MR) is 145 cm³/mol. The van der Waals surface area contributed by atoms with Crippen LogP contribution in [0.5, 0.6) is 11.5 Å². The monoisotopic (exact) mass is 576 g/mol. The van der Waals surface area contributed by atoms with Crippen LogP contribution in [-0.4, -0.2) is 27.6 Å². The lowest BCUT2D eigenvalue weighted by atomic mass is 9.80. The first-order chi connectivity index (χ1) is 19.7. The predicted octanol–water partition coefficient (Wildman–Crippen LogP) is 4.79. The van der Waals surface area contributed by atoms with Crippen LogP contribution in [0.4, 0.5) is 8.78 Å². The maximum absolute atomic E-state index is 16.6. The van der Waals surface area contributed by atoms with Gasteiger partial charge in [-0.15, -0.1) is 0 Å². The van der Waals surface area contributed by atoms with Gasteiger partial charge in [0.05, 0.1) is 16.6 Å². The number of primary amides is 1. The number of benzene rings is 3. The SMILES string of the molecule is Cn1cc2c(n1)COc1c-2cc(C(N)=O)c(-c2c(Cl)c(F)cc3c2C[C@](c2ccccc2)([C@@H]2CCC(=O)N2)O3)c1F. The van der Waals surface area contributed by atoms with E-state index in [9.17, 15) is 9.59 Å². The molecule has 0 unspecified atom stereocenters. The van der Waals surface area contributed by atoms with Gasteiger partial charge in [-0.05, 0) is 18.1 Å². The van der Waals surface area contributed by atoms with Gasteiger partial charge in [-0.1, -0.05) is 41.9 Å². The van der Waals surface area contributed by atoms with Crippen LogP contribution in [0.1, 0.15) is 40.0 Å². The van der Waals surface area contributed by atoms with Gasteiger partial charge in [0, 0.05) is 60.0 Å². The molecular formula is C30H23ClF2N4O4. The van der Waals surface area contributed by atoms with E-state index in [1.165, 1.54) is 6.07 Å². The number of rotatable bonds is 4. The molecule has 208 valence electrons. The molecule has 3 aromatic carbocycles. The summed E-state index contributed by atoms with van der Waals surface area (Å²) < 4.78 is 45.9. The second-order valence-electron chi connectivity index (χ2n) is 10.5. The van der Waals surface area contributed by atoms with Crippen molar-refractivity contribution in [2.24, 2.45) is 12.8 Å². The highest BCUT2D eigenvalue weighted by atomic mass is 35.5. The summed E-state index contributed by atoms with van der Waals surface area (Å²) in [6.07, 6.45) is 2.61. The minimum atomic E-state index is -1.12. The number of halogens is 3. The van der Waals surface area contributed by atoms with Gasteiger partial charge in [0.15, 0.2) is 17.2 Å². The number of aryl methyl sites for hydroxylation is 1. The van der Waals surface area contributed by atoms with Crippen LogP contribution in [0.2, 0.25) is 5.02 Å². The van der Waals surface area contributed by atoms with Crippen LogP contribution in [0.3, 0.4) is 0 Å². The molecule has 0 spiro atoms. The molecule has 2 amide bonds. The fourth-order valence-electron chi connectivity index (χ4n) is 6.32. The zero-order valence-corrected chi connectivity index (χ0v) is 22.5. The summed E-state index contributed by atoms with van der Waals surface area (Å²) in [6, 6.07) is 11.4. The van der Waals surface area contributed by atoms with Gasteiger partial charge in [0.2, 0.25) is 11.8 Å². The number of nitrogens with two attached hydrogens (primary N) is 1. The smallest absolute Gasteiger partial charge is 0.249 e. The Morgan fingerprint density at radius 3 is 2.68 bits per heavy atom. The second kappa shape index (κ2) is 9.04. The molecular weight excluding hydrogens is 554 g/mol. The molecule has 11 heteroatoms. The Balaban J connectivity index is 1.47. The maximum Gasteiger partial charge on any atom is 0.249 e. The highest BCUT2D eigenvalue weighted by molar-refractivity contribution is 6.34. The number of ether oxygens (including phenoxy) is 2. The maximum atomic E-state index is 16.6. The van der Waals surface area contributed by atoms with E-state index < -0.39 is 29.2 Å². The molecule has 7 rings (SSSR count). The number of carbonyl (C=O) groups excluding carboxylic acids is 2. The first-order valence-corrected chi connectivity index (χ1v) is 13.4. The van der Waals surface area contributed by atoms with Crippen LogP contribution in [0, 0.1) is 11.6 Å². The molecule has 0 aliphatic carbocycles. The van der Waals surface area contributed by atoms with Gasteiger partial charge in [-0.3, -0.25) is 14.3 Å². The number of nitrogens with zero attached hydrogens (tertiary/aromatic N) is 2. The lowest BCUT2D eigenvalue weighted by molar-refractivity contribution is -0.120. The lowest BCUT2D eigenvalue weighted by Crippen LogP contribution is -2.49. The van der Waals surface area contributed by atoms with E-state index in [4.69, 9.17) is 26.8 Å². The van der Waals surface area contributed by atoms with Gasteiger partial charge < -0.3 is 20.5 Å². The fourth-order valence-corrected chi connectivity index (χ4v) is 6.59. The summed E-state index contributed by atoms with van der Waals surface area (Å²) in [5.41, 5.74) is 6.78. The third-order valence-electron chi connectivity index (χ3n) is 8.12. The molecule has 3 aliphatic rings. The number of hydrogen-bond acceptors (Lipinski definition) is 5. The summed E-state index contributed by atoms with van der Waals surface area (Å²) >= 11 is 6.58. The van der Waals surface area contributed by atoms with Crippen molar-refractivity contribution in [1.29, 1.82) is 0 Å². The van der Waals surface area contributed by atoms with Gasteiger partial charge in [0.1, 0.15) is 23.9 Å². The normalized spacial score (nSPS) is 20.5. The fraction of sp³-hybridized carbons (Fsp3) is 0.233. The van der Waals surface area contributed by atoms with Crippen LogP contribution in [0.15, 0.2) is 48.7 Å². The molecule has 3 aliphatic heterocycles. The van der Waals surface area contributed by atoms with E-state index in [0.717, 1.165) is 11.6 Å². The second-order valence-corrected chi connectivity index (χ2v) is 10.9. The van der Waals surface area contributed by atoms with Gasteiger partial charge >= 0.3 is 0 Å². The largest absolute Gasteiger partial charge is 0.483 e. The number of carbonyl (C=O) groups is 2. The molecule has 3 N–H and O–H groups in total. The Kier molecular flexibility index (Phi) is 5.62. The minimum Gasteiger partial charge on any atom is -0.483 e. The number of amides is 2. The molecule has 1 aromatic heterocycles. The standard InChI is InChI=1S/C30H23ClF2N4O4/c1-37-12-18-15-9-16(29(34)39)25(27(33)28(15)40-13-20(18)36-37)24-17-11-30(14-5-3-2-4-6-14,22-7-8-23(38)35-22)41-21(17)10-19(32)26(24)31/h2-6,9-10,12,22H,7-8,11,13H2,1H3,(H2,34,39)(H,35,38)/t22-,30-/m0/s1. The molecule has 1 saturated heterocycles. The summed E-state index contributed by atoms with van der Waals surface area (Å²) in [7, 11) is 1.72. The van der Waals surface area contributed by atoms with E-state index in [1.54, 1.807) is 17.9 Å². The topological polar surface area (TPSA) is 108 Å². The van der Waals surface area contributed by atoms with Crippen LogP contribution >= 0.6 is 11.6 Å². The molecule has 4 aromatic rings. The molecule has 4 heterocycles. The summed E-state index contributed by atoms with van der Waals surface area (Å²) in [6.45, 7) is 0.00600. The van der Waals surface area contributed by atoms with Crippen molar-refractivity contribution in [2.45, 2.75) is 37.5 Å². The Morgan fingerprint density at radius 1 is 1.20 bits per heavy atom. The number of nitrogens with one attached hydrogen (secondary N) is 1. The summed E-state index contributed by atoms with van der Waals surface area (Å²) in [5, 5.41) is 6.93. The lowest BCUT2D eigenvalue weighted by Gasteiger charge is -2.35. The Morgan fingerprint density at radius 2 is 1.98 bits per heavy atom. The molecule has 1 fully saturated rings. The van der Waals surface area contributed by atoms with Crippen molar-refractivity contribution in [1.82, 2.24) is 15.1 Å². The van der Waals surface area contributed by atoms with Crippen molar-refractivity contribution < 1.29 is 27.8 Å². The Bertz CT molecular complexity index is 1790. The first kappa shape index (κ1) is 25.5. The number of hydrogen-bond donors (Lipinski definition) is 2. The average molecular weight is 577 g/mol. The van der Waals surface area contributed by atoms with Crippen molar-refractivity contribution in [3.05, 3.63) is 87.7 Å². The molecule has 41 heavy (non-hydrogen) atoms. The molecule has 8 nitrogen and oxygen atoms in total. The third kappa shape index (κ3) is 3.73. The van der Waals surface area contributed by atoms with Gasteiger partial charge in [-0.2, -0.15) is 5.10 Å². The van der Waals surface area contributed by atoms with Crippen molar-refractivity contribution in [2.75, 3.05) is 0 Å². The summed E-state index contributed by atoms with van der Waals surface area (Å²) in [5.74, 6) is -2.79. The van der Waals surface area contributed by atoms with E-state index in [-0.39, 0.29) is 52.1 Å². The zero-order valence-electron chi connectivity index (χ0n) is 21.8. The van der Waals surface area contributed by atoms with E-state index in [2.05, 4.69) is 10.4 Å². The quantitative estimate of drug-likeness (QED) is 0.363. The van der Waals surface area contributed by atoms with Crippen molar-refractivity contribution in [3.8, 4) is 33.8 Å². The van der Waals surface area contributed by atoms with Gasteiger partial charge in [0.25, 0.3) is 0 Å². The zero-order chi connectivity index (χ0) is 28.6. The first-order valence-electron chi connectivity index (χ1n) is 13.0. The highest BCUT2D eigenvalue weighted by Gasteiger charge is 2.51. The van der Waals surface area contributed by atoms with Crippen molar-refractivity contribution in [3.63, 3.8) is 0 Å². The third-order valence-corrected chi connectivity index (χ3v) is 8.49.